The molecule has 4 nitrogen and oxygen atoms in total. The van der Waals surface area contributed by atoms with E-state index in [1.165, 1.54) is 6.92 Å². The number of halogens is 1. The first kappa shape index (κ1) is 8.45. The second-order valence-electron chi connectivity index (χ2n) is 2.33. The number of hydrogen-bond donors (Lipinski definition) is 1. The van der Waals surface area contributed by atoms with E-state index in [0.717, 1.165) is 12.1 Å². The van der Waals surface area contributed by atoms with Gasteiger partial charge in [0.15, 0.2) is 0 Å². The van der Waals surface area contributed by atoms with E-state index < -0.39 is 22.2 Å². The average molecular weight is 171 g/mol. The normalized spacial score (nSPS) is 9.83. The van der Waals surface area contributed by atoms with Crippen molar-refractivity contribution in [2.24, 2.45) is 0 Å². The van der Waals surface area contributed by atoms with Crippen LogP contribution in [0.5, 0.6) is 5.75 Å². The van der Waals surface area contributed by atoms with E-state index in [1.807, 2.05) is 0 Å². The summed E-state index contributed by atoms with van der Waals surface area (Å²) in [5.74, 6) is -1.18. The molecule has 1 aromatic carbocycles. The molecule has 1 aromatic rings. The van der Waals surface area contributed by atoms with Gasteiger partial charge in [0.25, 0.3) is 5.69 Å². The van der Waals surface area contributed by atoms with Crippen LogP contribution in [-0.4, -0.2) is 10.0 Å². The summed E-state index contributed by atoms with van der Waals surface area (Å²) < 4.78 is 12.7. The number of phenols is 1. The van der Waals surface area contributed by atoms with Crippen LogP contribution in [0.15, 0.2) is 12.1 Å². The van der Waals surface area contributed by atoms with Gasteiger partial charge in [-0.25, -0.2) is 4.39 Å². The highest BCUT2D eigenvalue weighted by molar-refractivity contribution is 5.43. The molecule has 0 fully saturated rings. The second kappa shape index (κ2) is 2.77. The van der Waals surface area contributed by atoms with Gasteiger partial charge in [0.2, 0.25) is 0 Å². The first-order valence-electron chi connectivity index (χ1n) is 3.16. The Labute approximate surface area is 67.4 Å². The van der Waals surface area contributed by atoms with Crippen molar-refractivity contribution in [1.82, 2.24) is 0 Å². The van der Waals surface area contributed by atoms with Crippen molar-refractivity contribution < 1.29 is 14.4 Å². The third-order valence-electron chi connectivity index (χ3n) is 1.51. The zero-order valence-electron chi connectivity index (χ0n) is 6.24. The van der Waals surface area contributed by atoms with Crippen LogP contribution in [0.4, 0.5) is 10.1 Å². The fourth-order valence-corrected chi connectivity index (χ4v) is 0.756. The maximum Gasteiger partial charge on any atom is 0.276 e. The average Bonchev–Trinajstić information content (AvgIpc) is 1.99. The number of benzene rings is 1. The molecule has 0 spiro atoms. The van der Waals surface area contributed by atoms with Crippen molar-refractivity contribution in [2.45, 2.75) is 6.92 Å². The smallest absolute Gasteiger partial charge is 0.276 e. The van der Waals surface area contributed by atoms with Crippen LogP contribution < -0.4 is 0 Å². The summed E-state index contributed by atoms with van der Waals surface area (Å²) in [6, 6.07) is 1.69. The van der Waals surface area contributed by atoms with E-state index >= 15 is 0 Å². The van der Waals surface area contributed by atoms with Crippen molar-refractivity contribution in [3.8, 4) is 5.75 Å². The molecule has 0 saturated carbocycles. The van der Waals surface area contributed by atoms with Gasteiger partial charge in [-0.05, 0) is 6.92 Å². The summed E-state index contributed by atoms with van der Waals surface area (Å²) in [6.07, 6.45) is 0. The van der Waals surface area contributed by atoms with E-state index in [0.29, 0.717) is 0 Å². The molecule has 0 radical (unpaired) electrons. The molecule has 64 valence electrons. The molecule has 0 aromatic heterocycles. The van der Waals surface area contributed by atoms with Crippen LogP contribution in [0, 0.1) is 22.9 Å². The van der Waals surface area contributed by atoms with Gasteiger partial charge in [-0.15, -0.1) is 0 Å². The lowest BCUT2D eigenvalue weighted by Gasteiger charge is -1.98. The van der Waals surface area contributed by atoms with Crippen molar-refractivity contribution in [2.75, 3.05) is 0 Å². The fraction of sp³-hybridized carbons (Fsp3) is 0.143. The molecule has 0 aliphatic carbocycles. The zero-order valence-corrected chi connectivity index (χ0v) is 6.24. The Hall–Kier alpha value is -1.65. The molecule has 1 N–H and O–H groups in total. The maximum absolute atomic E-state index is 12.7. The highest BCUT2D eigenvalue weighted by Crippen LogP contribution is 2.25. The molecule has 0 bridgehead atoms. The van der Waals surface area contributed by atoms with Crippen LogP contribution in [0.2, 0.25) is 0 Å². The lowest BCUT2D eigenvalue weighted by Crippen LogP contribution is -1.91. The number of phenolic OH excluding ortho intramolecular Hbond substituents is 1. The fourth-order valence-electron chi connectivity index (χ4n) is 0.756. The topological polar surface area (TPSA) is 63.4 Å². The van der Waals surface area contributed by atoms with E-state index in [2.05, 4.69) is 0 Å². The van der Waals surface area contributed by atoms with Gasteiger partial charge in [0.1, 0.15) is 11.6 Å². The van der Waals surface area contributed by atoms with E-state index in [-0.39, 0.29) is 5.56 Å². The molecule has 1 rings (SSSR count). The quantitative estimate of drug-likeness (QED) is 0.517. The highest BCUT2D eigenvalue weighted by atomic mass is 19.1. The van der Waals surface area contributed by atoms with Gasteiger partial charge >= 0.3 is 0 Å². The van der Waals surface area contributed by atoms with E-state index in [9.17, 15) is 14.5 Å². The first-order chi connectivity index (χ1) is 5.52. The largest absolute Gasteiger partial charge is 0.507 e. The summed E-state index contributed by atoms with van der Waals surface area (Å²) >= 11 is 0. The van der Waals surface area contributed by atoms with Crippen LogP contribution in [0.25, 0.3) is 0 Å². The minimum absolute atomic E-state index is 0.0144. The predicted molar refractivity (Wildman–Crippen MR) is 39.5 cm³/mol. The Balaban J connectivity index is 3.31. The Morgan fingerprint density at radius 1 is 1.58 bits per heavy atom. The third kappa shape index (κ3) is 1.34. The Morgan fingerprint density at radius 3 is 2.58 bits per heavy atom. The SMILES string of the molecule is Cc1c(O)cc([N+](=O)[O-])cc1F. The third-order valence-corrected chi connectivity index (χ3v) is 1.51. The lowest BCUT2D eigenvalue weighted by atomic mass is 10.2. The van der Waals surface area contributed by atoms with Crippen LogP contribution >= 0.6 is 0 Å². The number of aromatic hydroxyl groups is 1. The monoisotopic (exact) mass is 171 g/mol. The zero-order chi connectivity index (χ0) is 9.30. The predicted octanol–water partition coefficient (Wildman–Crippen LogP) is 1.75. The molecule has 0 unspecified atom stereocenters. The molecular formula is C7H6FNO3. The highest BCUT2D eigenvalue weighted by Gasteiger charge is 2.12. The summed E-state index contributed by atoms with van der Waals surface area (Å²) in [7, 11) is 0. The van der Waals surface area contributed by atoms with E-state index in [4.69, 9.17) is 5.11 Å². The molecule has 0 aliphatic rings. The lowest BCUT2D eigenvalue weighted by molar-refractivity contribution is -0.385. The van der Waals surface area contributed by atoms with Gasteiger partial charge in [0, 0.05) is 5.56 Å². The van der Waals surface area contributed by atoms with Gasteiger partial charge in [0.05, 0.1) is 17.1 Å². The Morgan fingerprint density at radius 2 is 2.17 bits per heavy atom. The van der Waals surface area contributed by atoms with Crippen LogP contribution in [-0.2, 0) is 0 Å². The van der Waals surface area contributed by atoms with Crippen LogP contribution in [0.1, 0.15) is 5.56 Å². The number of rotatable bonds is 1. The molecule has 0 atom stereocenters. The van der Waals surface area contributed by atoms with Crippen molar-refractivity contribution in [1.29, 1.82) is 0 Å². The summed E-state index contributed by atoms with van der Waals surface area (Å²) in [4.78, 5) is 9.38. The molecule has 0 saturated heterocycles. The van der Waals surface area contributed by atoms with E-state index in [1.54, 1.807) is 0 Å². The number of hydrogen-bond acceptors (Lipinski definition) is 3. The van der Waals surface area contributed by atoms with Gasteiger partial charge in [-0.3, -0.25) is 10.1 Å². The van der Waals surface area contributed by atoms with Crippen molar-refractivity contribution in [3.63, 3.8) is 0 Å². The minimum atomic E-state index is -0.776. The molecule has 0 heterocycles. The number of nitro groups is 1. The van der Waals surface area contributed by atoms with Crippen molar-refractivity contribution in [3.05, 3.63) is 33.6 Å². The number of nitro benzene ring substituents is 1. The standard InChI is InChI=1S/C7H6FNO3/c1-4-6(8)2-5(9(11)12)3-7(4)10/h2-3,10H,1H3. The molecule has 5 heteroatoms. The molecule has 0 amide bonds. The van der Waals surface area contributed by atoms with Gasteiger partial charge < -0.3 is 5.11 Å². The minimum Gasteiger partial charge on any atom is -0.507 e. The Bertz CT molecular complexity index is 314. The summed E-state index contributed by atoms with van der Waals surface area (Å²) in [5.41, 5.74) is -0.434. The van der Waals surface area contributed by atoms with Gasteiger partial charge in [-0.1, -0.05) is 0 Å². The van der Waals surface area contributed by atoms with Crippen LogP contribution in [0.3, 0.4) is 0 Å². The molecule has 12 heavy (non-hydrogen) atoms. The second-order valence-corrected chi connectivity index (χ2v) is 2.33. The molecular weight excluding hydrogens is 165 g/mol. The maximum atomic E-state index is 12.7. The number of non-ortho nitro benzene ring substituents is 1. The van der Waals surface area contributed by atoms with Crippen molar-refractivity contribution >= 4 is 5.69 Å². The first-order valence-corrected chi connectivity index (χ1v) is 3.16. The molecule has 0 aliphatic heterocycles. The number of nitrogens with zero attached hydrogens (tertiary/aromatic N) is 1. The summed E-state index contributed by atoms with van der Waals surface area (Å²) in [5, 5.41) is 19.1. The summed E-state index contributed by atoms with van der Waals surface area (Å²) in [6.45, 7) is 1.34. The Kier molecular flexibility index (Phi) is 1.95. The van der Waals surface area contributed by atoms with Gasteiger partial charge in [-0.2, -0.15) is 0 Å².